The van der Waals surface area contributed by atoms with Crippen molar-refractivity contribution in [3.05, 3.63) is 89.1 Å². The molecule has 0 aliphatic heterocycles. The van der Waals surface area contributed by atoms with Crippen LogP contribution in [0.2, 0.25) is 5.02 Å². The number of halogens is 1. The van der Waals surface area contributed by atoms with E-state index in [1.165, 1.54) is 0 Å². The molecule has 0 radical (unpaired) electrons. The highest BCUT2D eigenvalue weighted by Crippen LogP contribution is 2.40. The van der Waals surface area contributed by atoms with Gasteiger partial charge in [-0.15, -0.1) is 0 Å². The molecule has 29 heavy (non-hydrogen) atoms. The van der Waals surface area contributed by atoms with Gasteiger partial charge in [0, 0.05) is 17.3 Å². The Hall–Kier alpha value is -3.44. The van der Waals surface area contributed by atoms with E-state index in [0.717, 1.165) is 5.56 Å². The van der Waals surface area contributed by atoms with E-state index in [9.17, 15) is 9.90 Å². The van der Waals surface area contributed by atoms with E-state index in [2.05, 4.69) is 0 Å². The summed E-state index contributed by atoms with van der Waals surface area (Å²) in [6.45, 7) is 0.367. The molecule has 0 amide bonds. The lowest BCUT2D eigenvalue weighted by Gasteiger charge is -2.09. The molecule has 0 bridgehead atoms. The second-order valence-corrected chi connectivity index (χ2v) is 7.08. The van der Waals surface area contributed by atoms with Gasteiger partial charge in [-0.3, -0.25) is 9.36 Å². The van der Waals surface area contributed by atoms with Gasteiger partial charge in [0.05, 0.1) is 16.8 Å². The summed E-state index contributed by atoms with van der Waals surface area (Å²) in [5.74, 6) is -0.345. The van der Waals surface area contributed by atoms with Gasteiger partial charge in [-0.1, -0.05) is 54.1 Å². The van der Waals surface area contributed by atoms with E-state index in [-0.39, 0.29) is 12.3 Å². The number of aromatic hydroxyl groups is 1. The van der Waals surface area contributed by atoms with Crippen molar-refractivity contribution in [2.45, 2.75) is 13.0 Å². The topological polar surface area (TPSA) is 71.7 Å². The van der Waals surface area contributed by atoms with Crippen LogP contribution in [-0.4, -0.2) is 20.7 Å². The Balaban J connectivity index is 1.70. The molecule has 0 aliphatic carbocycles. The third-order valence-electron chi connectivity index (χ3n) is 4.67. The molecule has 4 aromatic rings. The van der Waals surface area contributed by atoms with Gasteiger partial charge in [0.15, 0.2) is 0 Å². The predicted molar refractivity (Wildman–Crippen MR) is 112 cm³/mol. The Labute approximate surface area is 172 Å². The maximum atomic E-state index is 10.9. The smallest absolute Gasteiger partial charge is 0.307 e. The summed E-state index contributed by atoms with van der Waals surface area (Å²) >= 11 is 6.36. The maximum Gasteiger partial charge on any atom is 0.307 e. The molecule has 0 saturated carbocycles. The van der Waals surface area contributed by atoms with Gasteiger partial charge in [0.2, 0.25) is 5.88 Å². The molecule has 0 atom stereocenters. The van der Waals surface area contributed by atoms with Crippen LogP contribution in [0.4, 0.5) is 0 Å². The predicted octanol–water partition coefficient (Wildman–Crippen LogP) is 5.20. The fraction of sp³-hybridized carbons (Fsp3) is 0.0870. The van der Waals surface area contributed by atoms with Crippen LogP contribution in [0.25, 0.3) is 16.5 Å². The summed E-state index contributed by atoms with van der Waals surface area (Å²) < 4.78 is 7.56. The highest BCUT2D eigenvalue weighted by molar-refractivity contribution is 6.36. The van der Waals surface area contributed by atoms with Gasteiger partial charge >= 0.3 is 5.97 Å². The van der Waals surface area contributed by atoms with Crippen molar-refractivity contribution in [2.24, 2.45) is 0 Å². The minimum absolute atomic E-state index is 0.0107. The van der Waals surface area contributed by atoms with E-state index in [1.54, 1.807) is 47.2 Å². The zero-order valence-corrected chi connectivity index (χ0v) is 16.1. The molecule has 1 heterocycles. The Bertz CT molecular complexity index is 1170. The first-order valence-electron chi connectivity index (χ1n) is 9.03. The SMILES string of the molecule is O=C(O)Cc1ccc(-n2cc3c(Cl)ccc(OCc4ccccc4)c3c2O)cc1. The number of ether oxygens (including phenoxy) is 1. The third kappa shape index (κ3) is 3.91. The highest BCUT2D eigenvalue weighted by Gasteiger charge is 2.17. The summed E-state index contributed by atoms with van der Waals surface area (Å²) in [6, 6.07) is 20.2. The molecule has 146 valence electrons. The zero-order valence-electron chi connectivity index (χ0n) is 15.4. The van der Waals surface area contributed by atoms with Crippen molar-refractivity contribution in [3.63, 3.8) is 0 Å². The van der Waals surface area contributed by atoms with E-state index in [4.69, 9.17) is 21.4 Å². The number of hydrogen-bond acceptors (Lipinski definition) is 3. The first kappa shape index (κ1) is 18.9. The normalized spacial score (nSPS) is 10.9. The van der Waals surface area contributed by atoms with Crippen molar-refractivity contribution in [1.82, 2.24) is 4.57 Å². The molecule has 1 aromatic heterocycles. The first-order valence-corrected chi connectivity index (χ1v) is 9.41. The van der Waals surface area contributed by atoms with Gasteiger partial charge in [0.25, 0.3) is 0 Å². The molecule has 2 N–H and O–H groups in total. The van der Waals surface area contributed by atoms with E-state index in [1.807, 2.05) is 30.3 Å². The molecular formula is C23H18ClNO4. The second kappa shape index (κ2) is 7.89. The summed E-state index contributed by atoms with van der Waals surface area (Å²) in [6.07, 6.45) is 1.69. The fourth-order valence-corrected chi connectivity index (χ4v) is 3.45. The van der Waals surface area contributed by atoms with Crippen molar-refractivity contribution in [3.8, 4) is 17.3 Å². The quantitative estimate of drug-likeness (QED) is 0.461. The standard InChI is InChI=1S/C23H18ClNO4/c24-19-10-11-20(29-14-16-4-2-1-3-5-16)22-18(19)13-25(23(22)28)17-8-6-15(7-9-17)12-21(26)27/h1-11,13,28H,12,14H2,(H,26,27). The molecule has 3 aromatic carbocycles. The highest BCUT2D eigenvalue weighted by atomic mass is 35.5. The van der Waals surface area contributed by atoms with E-state index >= 15 is 0 Å². The van der Waals surface area contributed by atoms with Gasteiger partial charge in [-0.2, -0.15) is 0 Å². The second-order valence-electron chi connectivity index (χ2n) is 6.67. The molecule has 6 heteroatoms. The Kier molecular flexibility index (Phi) is 5.14. The molecule has 5 nitrogen and oxygen atoms in total. The number of benzene rings is 3. The van der Waals surface area contributed by atoms with Crippen LogP contribution in [0.15, 0.2) is 72.9 Å². The number of aromatic nitrogens is 1. The fourth-order valence-electron chi connectivity index (χ4n) is 3.24. The lowest BCUT2D eigenvalue weighted by Crippen LogP contribution is -2.00. The van der Waals surface area contributed by atoms with Gasteiger partial charge in [0.1, 0.15) is 12.4 Å². The van der Waals surface area contributed by atoms with Gasteiger partial charge in [-0.05, 0) is 35.4 Å². The largest absolute Gasteiger partial charge is 0.494 e. The molecule has 4 rings (SSSR count). The van der Waals surface area contributed by atoms with Gasteiger partial charge in [-0.25, -0.2) is 0 Å². The number of carboxylic acid groups (broad SMARTS) is 1. The lowest BCUT2D eigenvalue weighted by atomic mass is 10.1. The molecule has 0 spiro atoms. The average Bonchev–Trinajstić information content (AvgIpc) is 3.07. The molecule has 0 unspecified atom stereocenters. The summed E-state index contributed by atoms with van der Waals surface area (Å²) in [7, 11) is 0. The van der Waals surface area contributed by atoms with Crippen molar-refractivity contribution in [2.75, 3.05) is 0 Å². The van der Waals surface area contributed by atoms with Crippen molar-refractivity contribution in [1.29, 1.82) is 0 Å². The van der Waals surface area contributed by atoms with Crippen LogP contribution in [0, 0.1) is 0 Å². The molecular weight excluding hydrogens is 390 g/mol. The minimum atomic E-state index is -0.890. The van der Waals surface area contributed by atoms with Crippen LogP contribution in [0.3, 0.4) is 0 Å². The monoisotopic (exact) mass is 407 g/mol. The first-order chi connectivity index (χ1) is 14.0. The Morgan fingerprint density at radius 2 is 1.69 bits per heavy atom. The molecule has 0 fully saturated rings. The lowest BCUT2D eigenvalue weighted by molar-refractivity contribution is -0.136. The van der Waals surface area contributed by atoms with Crippen LogP contribution in [0.5, 0.6) is 11.6 Å². The number of hydrogen-bond donors (Lipinski definition) is 2. The number of carbonyl (C=O) groups is 1. The van der Waals surface area contributed by atoms with E-state index < -0.39 is 5.97 Å². The van der Waals surface area contributed by atoms with Crippen molar-refractivity contribution < 1.29 is 19.7 Å². The number of fused-ring (bicyclic) bond motifs is 1. The number of nitrogens with zero attached hydrogens (tertiary/aromatic N) is 1. The maximum absolute atomic E-state index is 10.9. The minimum Gasteiger partial charge on any atom is -0.494 e. The average molecular weight is 408 g/mol. The van der Waals surface area contributed by atoms with Crippen LogP contribution in [-0.2, 0) is 17.8 Å². The molecule has 0 aliphatic rings. The number of carboxylic acids is 1. The third-order valence-corrected chi connectivity index (χ3v) is 5.00. The van der Waals surface area contributed by atoms with Gasteiger partial charge < -0.3 is 14.9 Å². The summed E-state index contributed by atoms with van der Waals surface area (Å²) in [5, 5.41) is 21.5. The summed E-state index contributed by atoms with van der Waals surface area (Å²) in [4.78, 5) is 10.9. The number of rotatable bonds is 6. The zero-order chi connectivity index (χ0) is 20.4. The molecule has 0 saturated heterocycles. The van der Waals surface area contributed by atoms with E-state index in [0.29, 0.717) is 39.4 Å². The Morgan fingerprint density at radius 1 is 0.966 bits per heavy atom. The van der Waals surface area contributed by atoms with Crippen LogP contribution < -0.4 is 4.74 Å². The Morgan fingerprint density at radius 3 is 2.38 bits per heavy atom. The van der Waals surface area contributed by atoms with Crippen LogP contribution >= 0.6 is 11.6 Å². The van der Waals surface area contributed by atoms with Crippen LogP contribution in [0.1, 0.15) is 11.1 Å². The number of aliphatic carboxylic acids is 1. The van der Waals surface area contributed by atoms with Crippen molar-refractivity contribution >= 4 is 28.3 Å². The summed E-state index contributed by atoms with van der Waals surface area (Å²) in [5.41, 5.74) is 2.39.